The van der Waals surface area contributed by atoms with Gasteiger partial charge in [-0.2, -0.15) is 4.41 Å². The molecule has 0 amide bonds. The Hall–Kier alpha value is -3.09. The Morgan fingerprint density at radius 1 is 0.885 bits per heavy atom. The zero-order valence-corrected chi connectivity index (χ0v) is 14.6. The highest BCUT2D eigenvalue weighted by atomic mass is 32.2. The molecule has 6 heteroatoms. The van der Waals surface area contributed by atoms with Gasteiger partial charge >= 0.3 is 0 Å². The Balaban J connectivity index is 1.95. The standard InChI is InChI=1S/C20H17N3O2S/c21-16-10-12-17(13-11-16)23(26(24)25)22-14-19(15-6-2-1-3-7-15)18-8-4-5-9-20(18)22/h1-14H,21H2,(H,24,25). The molecule has 0 aliphatic heterocycles. The van der Waals surface area contributed by atoms with Crippen molar-refractivity contribution in [2.24, 2.45) is 0 Å². The van der Waals surface area contributed by atoms with Crippen LogP contribution in [0.25, 0.3) is 22.0 Å². The van der Waals surface area contributed by atoms with E-state index in [1.807, 2.05) is 60.8 Å². The van der Waals surface area contributed by atoms with Crippen LogP contribution in [0.4, 0.5) is 11.4 Å². The van der Waals surface area contributed by atoms with E-state index in [1.165, 1.54) is 4.41 Å². The number of nitrogens with zero attached hydrogens (tertiary/aromatic N) is 2. The summed E-state index contributed by atoms with van der Waals surface area (Å²) in [5.41, 5.74) is 9.79. The third kappa shape index (κ3) is 2.85. The predicted octanol–water partition coefficient (Wildman–Crippen LogP) is 4.30. The molecule has 1 aromatic heterocycles. The fourth-order valence-electron chi connectivity index (χ4n) is 3.05. The van der Waals surface area contributed by atoms with E-state index < -0.39 is 11.3 Å². The average molecular weight is 363 g/mol. The van der Waals surface area contributed by atoms with Crippen molar-refractivity contribution in [3.05, 3.63) is 85.1 Å². The number of aromatic nitrogens is 1. The summed E-state index contributed by atoms with van der Waals surface area (Å²) < 4.78 is 25.2. The molecule has 4 aromatic rings. The minimum atomic E-state index is -2.26. The molecule has 26 heavy (non-hydrogen) atoms. The van der Waals surface area contributed by atoms with Gasteiger partial charge in [0.15, 0.2) is 0 Å². The van der Waals surface area contributed by atoms with Crippen molar-refractivity contribution < 1.29 is 8.76 Å². The average Bonchev–Trinajstić information content (AvgIpc) is 3.03. The monoisotopic (exact) mass is 363 g/mol. The summed E-state index contributed by atoms with van der Waals surface area (Å²) in [5.74, 6) is 0. The lowest BCUT2D eigenvalue weighted by molar-refractivity contribution is 0.553. The van der Waals surface area contributed by atoms with E-state index in [0.717, 1.165) is 22.0 Å². The summed E-state index contributed by atoms with van der Waals surface area (Å²) in [7, 11) is 0. The van der Waals surface area contributed by atoms with E-state index >= 15 is 0 Å². The Bertz CT molecular complexity index is 1080. The molecule has 5 nitrogen and oxygen atoms in total. The van der Waals surface area contributed by atoms with Crippen LogP contribution in [0.5, 0.6) is 0 Å². The summed E-state index contributed by atoms with van der Waals surface area (Å²) in [6.07, 6.45) is 1.88. The summed E-state index contributed by atoms with van der Waals surface area (Å²) in [6, 6.07) is 24.6. The van der Waals surface area contributed by atoms with Crippen molar-refractivity contribution in [2.45, 2.75) is 0 Å². The van der Waals surface area contributed by atoms with Crippen LogP contribution in [0.2, 0.25) is 0 Å². The number of nitrogen functional groups attached to an aromatic ring is 1. The Labute approximate surface area is 153 Å². The van der Waals surface area contributed by atoms with E-state index in [0.29, 0.717) is 11.4 Å². The molecule has 130 valence electrons. The largest absolute Gasteiger partial charge is 0.399 e. The van der Waals surface area contributed by atoms with E-state index in [9.17, 15) is 8.76 Å². The van der Waals surface area contributed by atoms with Crippen molar-refractivity contribution in [1.82, 2.24) is 4.68 Å². The van der Waals surface area contributed by atoms with Crippen LogP contribution in [0.1, 0.15) is 0 Å². The Morgan fingerprint density at radius 2 is 1.54 bits per heavy atom. The molecule has 0 aliphatic rings. The maximum Gasteiger partial charge on any atom is 0.281 e. The first-order chi connectivity index (χ1) is 12.6. The van der Waals surface area contributed by atoms with Gasteiger partial charge in [-0.25, -0.2) is 8.89 Å². The lowest BCUT2D eigenvalue weighted by Gasteiger charge is -2.22. The van der Waals surface area contributed by atoms with Gasteiger partial charge in [-0.05, 0) is 35.9 Å². The molecule has 1 unspecified atom stereocenters. The minimum absolute atomic E-state index is 0.570. The first-order valence-electron chi connectivity index (χ1n) is 8.07. The number of hydrogen-bond donors (Lipinski definition) is 2. The maximum absolute atomic E-state index is 12.2. The first-order valence-corrected chi connectivity index (χ1v) is 9.14. The van der Waals surface area contributed by atoms with E-state index in [2.05, 4.69) is 0 Å². The van der Waals surface area contributed by atoms with E-state index in [1.54, 1.807) is 28.9 Å². The van der Waals surface area contributed by atoms with Gasteiger partial charge in [-0.3, -0.25) is 4.55 Å². The molecule has 1 heterocycles. The van der Waals surface area contributed by atoms with E-state index in [4.69, 9.17) is 5.73 Å². The summed E-state index contributed by atoms with van der Waals surface area (Å²) in [6.45, 7) is 0. The van der Waals surface area contributed by atoms with Crippen LogP contribution in [0.3, 0.4) is 0 Å². The van der Waals surface area contributed by atoms with Gasteiger partial charge in [-0.15, -0.1) is 0 Å². The smallest absolute Gasteiger partial charge is 0.281 e. The molecule has 0 fully saturated rings. The number of para-hydroxylation sites is 1. The van der Waals surface area contributed by atoms with Gasteiger partial charge in [0.2, 0.25) is 0 Å². The van der Waals surface area contributed by atoms with Gasteiger partial charge in [0.25, 0.3) is 11.3 Å². The zero-order valence-electron chi connectivity index (χ0n) is 13.8. The fourth-order valence-corrected chi connectivity index (χ4v) is 3.64. The highest BCUT2D eigenvalue weighted by Gasteiger charge is 2.19. The molecule has 3 aromatic carbocycles. The van der Waals surface area contributed by atoms with Gasteiger partial charge in [0.1, 0.15) is 0 Å². The third-order valence-electron chi connectivity index (χ3n) is 4.23. The second-order valence-corrected chi connectivity index (χ2v) is 6.67. The second-order valence-electron chi connectivity index (χ2n) is 5.87. The van der Waals surface area contributed by atoms with Crippen LogP contribution < -0.4 is 10.1 Å². The van der Waals surface area contributed by atoms with Crippen molar-refractivity contribution >= 4 is 33.5 Å². The van der Waals surface area contributed by atoms with Crippen LogP contribution in [-0.4, -0.2) is 13.4 Å². The Morgan fingerprint density at radius 3 is 2.23 bits per heavy atom. The normalized spacial score (nSPS) is 12.2. The maximum atomic E-state index is 12.2. The predicted molar refractivity (Wildman–Crippen MR) is 107 cm³/mol. The molecule has 0 bridgehead atoms. The molecule has 1 atom stereocenters. The highest BCUT2D eigenvalue weighted by molar-refractivity contribution is 7.80. The van der Waals surface area contributed by atoms with Gasteiger partial charge < -0.3 is 5.73 Å². The molecule has 0 spiro atoms. The lowest BCUT2D eigenvalue weighted by Crippen LogP contribution is -2.30. The summed E-state index contributed by atoms with van der Waals surface area (Å²) in [4.78, 5) is 0. The quantitative estimate of drug-likeness (QED) is 0.419. The van der Waals surface area contributed by atoms with Gasteiger partial charge in [-0.1, -0.05) is 48.5 Å². The zero-order chi connectivity index (χ0) is 18.1. The van der Waals surface area contributed by atoms with Crippen LogP contribution in [0.15, 0.2) is 85.1 Å². The second kappa shape index (κ2) is 6.67. The number of nitrogens with two attached hydrogens (primary N) is 1. The van der Waals surface area contributed by atoms with Gasteiger partial charge in [0, 0.05) is 22.8 Å². The number of benzene rings is 3. The number of hydrogen-bond acceptors (Lipinski definition) is 2. The van der Waals surface area contributed by atoms with Crippen molar-refractivity contribution in [1.29, 1.82) is 0 Å². The topological polar surface area (TPSA) is 71.5 Å². The number of anilines is 2. The number of fused-ring (bicyclic) bond motifs is 1. The molecule has 4 rings (SSSR count). The third-order valence-corrected chi connectivity index (χ3v) is 4.92. The van der Waals surface area contributed by atoms with Crippen molar-refractivity contribution in [3.63, 3.8) is 0 Å². The SMILES string of the molecule is Nc1ccc(N(n2cc(-c3ccccc3)c3ccccc32)S(=O)O)cc1. The molecule has 3 N–H and O–H groups in total. The lowest BCUT2D eigenvalue weighted by atomic mass is 10.1. The van der Waals surface area contributed by atoms with E-state index in [-0.39, 0.29) is 0 Å². The van der Waals surface area contributed by atoms with Crippen LogP contribution in [-0.2, 0) is 11.3 Å². The number of rotatable bonds is 4. The fraction of sp³-hybridized carbons (Fsp3) is 0. The molecule has 0 saturated carbocycles. The highest BCUT2D eigenvalue weighted by Crippen LogP contribution is 2.32. The molecule has 0 saturated heterocycles. The van der Waals surface area contributed by atoms with Crippen LogP contribution >= 0.6 is 0 Å². The van der Waals surface area contributed by atoms with Gasteiger partial charge in [0.05, 0.1) is 11.2 Å². The summed E-state index contributed by atoms with van der Waals surface area (Å²) >= 11 is -2.26. The molecule has 0 radical (unpaired) electrons. The Kier molecular flexibility index (Phi) is 4.20. The van der Waals surface area contributed by atoms with Crippen molar-refractivity contribution in [2.75, 3.05) is 10.1 Å². The molecular formula is C20H17N3O2S. The molecule has 0 aliphatic carbocycles. The first kappa shape index (κ1) is 16.4. The summed E-state index contributed by atoms with van der Waals surface area (Å²) in [5, 5.41) is 1.00. The minimum Gasteiger partial charge on any atom is -0.399 e. The van der Waals surface area contributed by atoms with Crippen LogP contribution in [0, 0.1) is 0 Å². The molecular weight excluding hydrogens is 346 g/mol. The van der Waals surface area contributed by atoms with Crippen molar-refractivity contribution in [3.8, 4) is 11.1 Å².